The van der Waals surface area contributed by atoms with E-state index in [4.69, 9.17) is 4.98 Å². The minimum absolute atomic E-state index is 0.0717. The average Bonchev–Trinajstić information content (AvgIpc) is 2.95. The van der Waals surface area contributed by atoms with Crippen LogP contribution in [0.25, 0.3) is 10.9 Å². The molecule has 0 saturated carbocycles. The molecule has 0 spiro atoms. The van der Waals surface area contributed by atoms with E-state index < -0.39 is 0 Å². The topological polar surface area (TPSA) is 36.4 Å². The first-order chi connectivity index (χ1) is 9.81. The molecule has 1 aliphatic rings. The zero-order valence-corrected chi connectivity index (χ0v) is 12.0. The lowest BCUT2D eigenvalue weighted by atomic mass is 10.0. The summed E-state index contributed by atoms with van der Waals surface area (Å²) in [6.45, 7) is 4.51. The number of aliphatic hydroxyl groups excluding tert-OH is 1. The molecule has 3 heteroatoms. The first-order valence-corrected chi connectivity index (χ1v) is 7.56. The molecule has 1 aliphatic heterocycles. The molecule has 0 bridgehead atoms. The highest BCUT2D eigenvalue weighted by Crippen LogP contribution is 2.28. The van der Waals surface area contributed by atoms with E-state index in [-0.39, 0.29) is 6.61 Å². The normalized spacial score (nSPS) is 18.9. The first-order valence-electron chi connectivity index (χ1n) is 7.56. The summed E-state index contributed by atoms with van der Waals surface area (Å²) in [5.74, 6) is 1.82. The number of aliphatic hydroxyl groups is 1. The number of aromatic nitrogens is 1. The van der Waals surface area contributed by atoms with Gasteiger partial charge in [0, 0.05) is 18.5 Å². The Bertz CT molecular complexity index is 597. The summed E-state index contributed by atoms with van der Waals surface area (Å²) >= 11 is 0. The van der Waals surface area contributed by atoms with Crippen LogP contribution in [-0.4, -0.2) is 23.2 Å². The van der Waals surface area contributed by atoms with Crippen LogP contribution in [0.4, 0.5) is 5.82 Å². The van der Waals surface area contributed by atoms with Crippen molar-refractivity contribution >= 4 is 16.7 Å². The van der Waals surface area contributed by atoms with Gasteiger partial charge in [0.2, 0.25) is 0 Å². The van der Waals surface area contributed by atoms with Crippen molar-refractivity contribution in [2.75, 3.05) is 18.0 Å². The molecule has 3 rings (SSSR count). The number of hydrogen-bond donors (Lipinski definition) is 1. The molecule has 2 aromatic rings. The van der Waals surface area contributed by atoms with Crippen molar-refractivity contribution in [2.45, 2.75) is 32.8 Å². The summed E-state index contributed by atoms with van der Waals surface area (Å²) in [6, 6.07) is 10.1. The summed E-state index contributed by atoms with van der Waals surface area (Å²) in [6.07, 6.45) is 3.82. The molecule has 0 amide bonds. The van der Waals surface area contributed by atoms with E-state index in [1.807, 2.05) is 24.3 Å². The van der Waals surface area contributed by atoms with Crippen LogP contribution in [0.2, 0.25) is 0 Å². The number of nitrogens with zero attached hydrogens (tertiary/aromatic N) is 2. The van der Waals surface area contributed by atoms with Crippen molar-refractivity contribution in [3.05, 3.63) is 35.9 Å². The lowest BCUT2D eigenvalue weighted by molar-refractivity contribution is 0.283. The van der Waals surface area contributed by atoms with E-state index in [0.29, 0.717) is 0 Å². The van der Waals surface area contributed by atoms with Crippen LogP contribution in [0.3, 0.4) is 0 Å². The second-order valence-corrected chi connectivity index (χ2v) is 5.70. The fourth-order valence-corrected chi connectivity index (χ4v) is 3.21. The monoisotopic (exact) mass is 270 g/mol. The van der Waals surface area contributed by atoms with Crippen molar-refractivity contribution in [3.8, 4) is 0 Å². The van der Waals surface area contributed by atoms with E-state index in [1.54, 1.807) is 0 Å². The van der Waals surface area contributed by atoms with Crippen molar-refractivity contribution in [1.82, 2.24) is 4.98 Å². The predicted molar refractivity (Wildman–Crippen MR) is 82.9 cm³/mol. The zero-order valence-electron chi connectivity index (χ0n) is 12.0. The highest BCUT2D eigenvalue weighted by Gasteiger charge is 2.23. The number of pyridine rings is 1. The summed E-state index contributed by atoms with van der Waals surface area (Å²) in [5.41, 5.74) is 1.96. The molecule has 106 valence electrons. The molecule has 1 aromatic heterocycles. The van der Waals surface area contributed by atoms with E-state index in [0.717, 1.165) is 41.3 Å². The van der Waals surface area contributed by atoms with Gasteiger partial charge in [0.15, 0.2) is 0 Å². The maximum atomic E-state index is 9.59. The minimum Gasteiger partial charge on any atom is -0.392 e. The van der Waals surface area contributed by atoms with Gasteiger partial charge >= 0.3 is 0 Å². The molecule has 0 aliphatic carbocycles. The van der Waals surface area contributed by atoms with Gasteiger partial charge in [-0.05, 0) is 36.5 Å². The summed E-state index contributed by atoms with van der Waals surface area (Å²) in [7, 11) is 0. The second kappa shape index (κ2) is 5.80. The Kier molecular flexibility index (Phi) is 3.88. The lowest BCUT2D eigenvalue weighted by Crippen LogP contribution is -2.21. The van der Waals surface area contributed by atoms with Crippen LogP contribution >= 0.6 is 0 Å². The van der Waals surface area contributed by atoms with Crippen LogP contribution in [-0.2, 0) is 6.61 Å². The summed E-state index contributed by atoms with van der Waals surface area (Å²) in [5, 5.41) is 10.7. The van der Waals surface area contributed by atoms with Gasteiger partial charge in [-0.15, -0.1) is 0 Å². The molecule has 1 saturated heterocycles. The molecule has 0 radical (unpaired) electrons. The Balaban J connectivity index is 1.92. The minimum atomic E-state index is 0.0717. The van der Waals surface area contributed by atoms with Crippen LogP contribution < -0.4 is 4.90 Å². The SMILES string of the molecule is CCCC1CCN(c2cc(CO)c3ccccc3n2)C1. The largest absolute Gasteiger partial charge is 0.392 e. The number of hydrogen-bond acceptors (Lipinski definition) is 3. The molecule has 1 atom stereocenters. The van der Waals surface area contributed by atoms with Gasteiger partial charge in [-0.3, -0.25) is 0 Å². The van der Waals surface area contributed by atoms with Crippen LogP contribution in [0, 0.1) is 5.92 Å². The van der Waals surface area contributed by atoms with Crippen molar-refractivity contribution in [1.29, 1.82) is 0 Å². The van der Waals surface area contributed by atoms with Crippen LogP contribution in [0.15, 0.2) is 30.3 Å². The van der Waals surface area contributed by atoms with Crippen molar-refractivity contribution in [2.24, 2.45) is 5.92 Å². The molecule has 2 heterocycles. The summed E-state index contributed by atoms with van der Waals surface area (Å²) in [4.78, 5) is 7.14. The van der Waals surface area contributed by atoms with Gasteiger partial charge in [-0.25, -0.2) is 4.98 Å². The number of para-hydroxylation sites is 1. The first kappa shape index (κ1) is 13.4. The van der Waals surface area contributed by atoms with E-state index in [9.17, 15) is 5.11 Å². The molecular weight excluding hydrogens is 248 g/mol. The van der Waals surface area contributed by atoms with Gasteiger partial charge < -0.3 is 10.0 Å². The van der Waals surface area contributed by atoms with Crippen molar-refractivity contribution < 1.29 is 5.11 Å². The molecule has 1 fully saturated rings. The Morgan fingerprint density at radius 1 is 1.35 bits per heavy atom. The Labute approximate surface area is 120 Å². The van der Waals surface area contributed by atoms with E-state index in [2.05, 4.69) is 17.9 Å². The molecule has 20 heavy (non-hydrogen) atoms. The molecule has 1 unspecified atom stereocenters. The summed E-state index contributed by atoms with van der Waals surface area (Å²) < 4.78 is 0. The molecule has 1 aromatic carbocycles. The van der Waals surface area contributed by atoms with E-state index in [1.165, 1.54) is 19.3 Å². The Hall–Kier alpha value is -1.61. The fourth-order valence-electron chi connectivity index (χ4n) is 3.21. The van der Waals surface area contributed by atoms with Gasteiger partial charge in [-0.1, -0.05) is 31.5 Å². The number of rotatable bonds is 4. The van der Waals surface area contributed by atoms with Crippen LogP contribution in [0.5, 0.6) is 0 Å². The zero-order chi connectivity index (χ0) is 13.9. The third-order valence-electron chi connectivity index (χ3n) is 4.27. The standard InChI is InChI=1S/C17H22N2O/c1-2-5-13-8-9-19(11-13)17-10-14(12-20)15-6-3-4-7-16(15)18-17/h3-4,6-7,10,13,20H,2,5,8-9,11-12H2,1H3. The third-order valence-corrected chi connectivity index (χ3v) is 4.27. The third kappa shape index (κ3) is 2.50. The van der Waals surface area contributed by atoms with Crippen molar-refractivity contribution in [3.63, 3.8) is 0 Å². The average molecular weight is 270 g/mol. The smallest absolute Gasteiger partial charge is 0.129 e. The number of fused-ring (bicyclic) bond motifs is 1. The van der Waals surface area contributed by atoms with Gasteiger partial charge in [0.1, 0.15) is 5.82 Å². The predicted octanol–water partition coefficient (Wildman–Crippen LogP) is 3.35. The van der Waals surface area contributed by atoms with Gasteiger partial charge in [-0.2, -0.15) is 0 Å². The Morgan fingerprint density at radius 2 is 2.20 bits per heavy atom. The quantitative estimate of drug-likeness (QED) is 0.925. The van der Waals surface area contributed by atoms with Gasteiger partial charge in [0.25, 0.3) is 0 Å². The second-order valence-electron chi connectivity index (χ2n) is 5.70. The maximum Gasteiger partial charge on any atom is 0.129 e. The molecular formula is C17H22N2O. The Morgan fingerprint density at radius 3 is 3.00 bits per heavy atom. The molecule has 1 N–H and O–H groups in total. The van der Waals surface area contributed by atoms with Crippen LogP contribution in [0.1, 0.15) is 31.7 Å². The number of benzene rings is 1. The fraction of sp³-hybridized carbons (Fsp3) is 0.471. The highest BCUT2D eigenvalue weighted by atomic mass is 16.3. The number of anilines is 1. The highest BCUT2D eigenvalue weighted by molar-refractivity contribution is 5.84. The maximum absolute atomic E-state index is 9.59. The van der Waals surface area contributed by atoms with E-state index >= 15 is 0 Å². The molecule has 3 nitrogen and oxygen atoms in total. The lowest BCUT2D eigenvalue weighted by Gasteiger charge is -2.19. The van der Waals surface area contributed by atoms with Gasteiger partial charge in [0.05, 0.1) is 12.1 Å².